The molecule has 0 amide bonds. The zero-order chi connectivity index (χ0) is 12.6. The van der Waals surface area contributed by atoms with Crippen LogP contribution in [-0.2, 0) is 4.79 Å². The van der Waals surface area contributed by atoms with Gasteiger partial charge < -0.3 is 0 Å². The summed E-state index contributed by atoms with van der Waals surface area (Å²) in [5, 5.41) is 2.05. The molecule has 17 heavy (non-hydrogen) atoms. The quantitative estimate of drug-likeness (QED) is 0.631. The van der Waals surface area contributed by atoms with Crippen molar-refractivity contribution in [3.63, 3.8) is 0 Å². The number of nitrogens with zero attached hydrogens (tertiary/aromatic N) is 2. The van der Waals surface area contributed by atoms with Crippen LogP contribution >= 0.6 is 23.1 Å². The monoisotopic (exact) mass is 266 g/mol. The molecule has 5 heteroatoms. The van der Waals surface area contributed by atoms with Crippen LogP contribution in [0.1, 0.15) is 23.2 Å². The molecule has 2 aromatic rings. The first-order valence-corrected chi connectivity index (χ1v) is 7.16. The van der Waals surface area contributed by atoms with E-state index >= 15 is 0 Å². The zero-order valence-electron chi connectivity index (χ0n) is 10.3. The number of aromatic nitrogens is 2. The lowest BCUT2D eigenvalue weighted by Crippen LogP contribution is -1.96. The number of thioether (sulfide) groups is 1. The molecule has 2 heterocycles. The number of hydrogen-bond donors (Lipinski definition) is 0. The summed E-state index contributed by atoms with van der Waals surface area (Å²) in [6.07, 6.45) is 0. The normalized spacial score (nSPS) is 11.1. The Morgan fingerprint density at radius 2 is 2.00 bits per heavy atom. The highest BCUT2D eigenvalue weighted by Crippen LogP contribution is 2.34. The van der Waals surface area contributed by atoms with Gasteiger partial charge in [0.15, 0.2) is 0 Å². The van der Waals surface area contributed by atoms with E-state index in [4.69, 9.17) is 0 Å². The topological polar surface area (TPSA) is 42.9 Å². The third-order valence-electron chi connectivity index (χ3n) is 2.52. The molecule has 0 saturated carbocycles. The van der Waals surface area contributed by atoms with Gasteiger partial charge in [-0.1, -0.05) is 11.8 Å². The van der Waals surface area contributed by atoms with Gasteiger partial charge in [-0.25, -0.2) is 9.97 Å². The van der Waals surface area contributed by atoms with E-state index < -0.39 is 0 Å². The van der Waals surface area contributed by atoms with Gasteiger partial charge in [-0.3, -0.25) is 4.79 Å². The number of Topliss-reactive ketones (excluding diaryl/α,β-unsaturated/α-hetero) is 1. The van der Waals surface area contributed by atoms with Gasteiger partial charge in [0.05, 0.1) is 5.75 Å². The highest BCUT2D eigenvalue weighted by Gasteiger charge is 2.14. The van der Waals surface area contributed by atoms with E-state index in [1.54, 1.807) is 18.3 Å². The van der Waals surface area contributed by atoms with Crippen molar-refractivity contribution in [1.82, 2.24) is 9.97 Å². The van der Waals surface area contributed by atoms with Crippen molar-refractivity contribution >= 4 is 39.1 Å². The first-order valence-electron chi connectivity index (χ1n) is 5.35. The largest absolute Gasteiger partial charge is 0.299 e. The fourth-order valence-corrected chi connectivity index (χ4v) is 3.66. The summed E-state index contributed by atoms with van der Waals surface area (Å²) in [7, 11) is 0. The molecule has 0 aliphatic heterocycles. The lowest BCUT2D eigenvalue weighted by atomic mass is 10.2. The molecule has 0 spiro atoms. The van der Waals surface area contributed by atoms with Crippen LogP contribution in [0.15, 0.2) is 5.03 Å². The molecule has 0 aromatic carbocycles. The molecule has 0 unspecified atom stereocenters. The molecular formula is C12H14N2OS2. The summed E-state index contributed by atoms with van der Waals surface area (Å²) in [5.74, 6) is 1.41. The molecule has 0 radical (unpaired) electrons. The van der Waals surface area contributed by atoms with Crippen LogP contribution in [0, 0.1) is 20.8 Å². The number of fused-ring (bicyclic) bond motifs is 1. The van der Waals surface area contributed by atoms with Crippen LogP contribution in [0.5, 0.6) is 0 Å². The highest BCUT2D eigenvalue weighted by atomic mass is 32.2. The van der Waals surface area contributed by atoms with Crippen molar-refractivity contribution in [2.45, 2.75) is 32.7 Å². The van der Waals surface area contributed by atoms with Gasteiger partial charge >= 0.3 is 0 Å². The first-order chi connectivity index (χ1) is 7.99. The van der Waals surface area contributed by atoms with Crippen LogP contribution in [-0.4, -0.2) is 21.5 Å². The summed E-state index contributed by atoms with van der Waals surface area (Å²) in [6.45, 7) is 7.67. The van der Waals surface area contributed by atoms with Crippen LogP contribution in [0.4, 0.5) is 0 Å². The van der Waals surface area contributed by atoms with Crippen molar-refractivity contribution in [3.05, 3.63) is 16.3 Å². The lowest BCUT2D eigenvalue weighted by molar-refractivity contribution is -0.114. The minimum atomic E-state index is 0.170. The summed E-state index contributed by atoms with van der Waals surface area (Å²) < 4.78 is 0. The van der Waals surface area contributed by atoms with Gasteiger partial charge in [0, 0.05) is 10.3 Å². The van der Waals surface area contributed by atoms with Crippen molar-refractivity contribution in [3.8, 4) is 0 Å². The average molecular weight is 266 g/mol. The number of rotatable bonds is 3. The van der Waals surface area contributed by atoms with E-state index in [0.717, 1.165) is 21.1 Å². The molecule has 0 aliphatic carbocycles. The minimum Gasteiger partial charge on any atom is -0.299 e. The molecule has 0 aliphatic rings. The van der Waals surface area contributed by atoms with E-state index in [-0.39, 0.29) is 5.78 Å². The van der Waals surface area contributed by atoms with Crippen LogP contribution in [0.25, 0.3) is 10.2 Å². The third-order valence-corrected chi connectivity index (χ3v) is 4.74. The molecule has 0 bridgehead atoms. The molecule has 0 N–H and O–H groups in total. The highest BCUT2D eigenvalue weighted by molar-refractivity contribution is 8.00. The third kappa shape index (κ3) is 2.50. The van der Waals surface area contributed by atoms with E-state index in [9.17, 15) is 4.79 Å². The maximum atomic E-state index is 11.1. The number of hydrogen-bond acceptors (Lipinski definition) is 5. The van der Waals surface area contributed by atoms with Gasteiger partial charge in [0.25, 0.3) is 0 Å². The number of aryl methyl sites for hydroxylation is 3. The fraction of sp³-hybridized carbons (Fsp3) is 0.417. The number of thiophene rings is 1. The predicted molar refractivity (Wildman–Crippen MR) is 73.0 cm³/mol. The Hall–Kier alpha value is -0.940. The van der Waals surface area contributed by atoms with Crippen molar-refractivity contribution < 1.29 is 4.79 Å². The number of carbonyl (C=O) groups excluding carboxylic acids is 1. The Kier molecular flexibility index (Phi) is 3.49. The smallest absolute Gasteiger partial charge is 0.140 e. The van der Waals surface area contributed by atoms with Crippen LogP contribution < -0.4 is 0 Å². The van der Waals surface area contributed by atoms with E-state index in [2.05, 4.69) is 23.8 Å². The number of carbonyl (C=O) groups is 1. The average Bonchev–Trinajstić information content (AvgIpc) is 2.51. The maximum absolute atomic E-state index is 11.1. The Labute approximate surface area is 109 Å². The van der Waals surface area contributed by atoms with Gasteiger partial charge in [-0.15, -0.1) is 11.3 Å². The second-order valence-electron chi connectivity index (χ2n) is 4.03. The second-order valence-corrected chi connectivity index (χ2v) is 6.20. The predicted octanol–water partition coefficient (Wildman–Crippen LogP) is 3.30. The summed E-state index contributed by atoms with van der Waals surface area (Å²) in [4.78, 5) is 22.3. The van der Waals surface area contributed by atoms with Crippen LogP contribution in [0.3, 0.4) is 0 Å². The second kappa shape index (κ2) is 4.74. The molecule has 3 nitrogen and oxygen atoms in total. The van der Waals surface area contributed by atoms with E-state index in [1.807, 2.05) is 6.92 Å². The molecule has 2 rings (SSSR count). The van der Waals surface area contributed by atoms with Crippen molar-refractivity contribution in [2.24, 2.45) is 0 Å². The summed E-state index contributed by atoms with van der Waals surface area (Å²) in [5.41, 5.74) is 1.23. The first kappa shape index (κ1) is 12.5. The standard InChI is InChI=1S/C12H14N2OS2/c1-6(15)5-16-11-10-7(2)8(3)17-12(10)14-9(4)13-11/h5H2,1-4H3. The SMILES string of the molecule is CC(=O)CSc1nc(C)nc2sc(C)c(C)c12. The van der Waals surface area contributed by atoms with Gasteiger partial charge in [-0.2, -0.15) is 0 Å². The van der Waals surface area contributed by atoms with E-state index in [1.165, 1.54) is 22.2 Å². The van der Waals surface area contributed by atoms with Crippen LogP contribution in [0.2, 0.25) is 0 Å². The Morgan fingerprint density at radius 3 is 2.65 bits per heavy atom. The molecule has 90 valence electrons. The molecule has 0 atom stereocenters. The van der Waals surface area contributed by atoms with Crippen molar-refractivity contribution in [2.75, 3.05) is 5.75 Å². The molecule has 0 fully saturated rings. The number of ketones is 1. The maximum Gasteiger partial charge on any atom is 0.140 e. The Bertz CT molecular complexity index is 590. The minimum absolute atomic E-state index is 0.170. The summed E-state index contributed by atoms with van der Waals surface area (Å²) in [6, 6.07) is 0. The lowest BCUT2D eigenvalue weighted by Gasteiger charge is -2.03. The summed E-state index contributed by atoms with van der Waals surface area (Å²) >= 11 is 3.20. The molecular weight excluding hydrogens is 252 g/mol. The molecule has 2 aromatic heterocycles. The van der Waals surface area contributed by atoms with Crippen molar-refractivity contribution in [1.29, 1.82) is 0 Å². The van der Waals surface area contributed by atoms with Gasteiger partial charge in [0.1, 0.15) is 21.5 Å². The molecule has 0 saturated heterocycles. The van der Waals surface area contributed by atoms with Gasteiger partial charge in [0.2, 0.25) is 0 Å². The Morgan fingerprint density at radius 1 is 1.29 bits per heavy atom. The Balaban J connectivity index is 2.55. The fourth-order valence-electron chi connectivity index (χ4n) is 1.59. The zero-order valence-corrected chi connectivity index (χ0v) is 12.0. The van der Waals surface area contributed by atoms with Gasteiger partial charge in [-0.05, 0) is 33.3 Å². The van der Waals surface area contributed by atoms with E-state index in [0.29, 0.717) is 5.75 Å².